The number of esters is 1. The molecule has 1 heterocycles. The summed E-state index contributed by atoms with van der Waals surface area (Å²) in [6, 6.07) is 0. The first-order valence-corrected chi connectivity index (χ1v) is 4.83. The van der Waals surface area contributed by atoms with Crippen molar-refractivity contribution in [2.75, 3.05) is 26.9 Å². The number of hydrogen-bond donors (Lipinski definition) is 2. The molecule has 0 radical (unpaired) electrons. The second-order valence-electron chi connectivity index (χ2n) is 3.72. The molecule has 14 heavy (non-hydrogen) atoms. The molecule has 0 aromatic heterocycles. The number of nitrogens with one attached hydrogen (secondary N) is 1. The van der Waals surface area contributed by atoms with E-state index < -0.39 is 0 Å². The van der Waals surface area contributed by atoms with Crippen molar-refractivity contribution in [1.82, 2.24) is 5.32 Å². The van der Waals surface area contributed by atoms with E-state index in [-0.39, 0.29) is 36.6 Å². The Balaban J connectivity index is 1.95. The first-order chi connectivity index (χ1) is 6.79. The van der Waals surface area contributed by atoms with Gasteiger partial charge in [0, 0.05) is 25.0 Å². The highest BCUT2D eigenvalue weighted by Crippen LogP contribution is 2.49. The number of ether oxygens (including phenoxy) is 2. The molecule has 2 aliphatic rings. The van der Waals surface area contributed by atoms with Gasteiger partial charge in [-0.15, -0.1) is 0 Å². The average Bonchev–Trinajstić information content (AvgIpc) is 2.69. The maximum absolute atomic E-state index is 11.3. The van der Waals surface area contributed by atoms with E-state index in [4.69, 9.17) is 9.84 Å². The van der Waals surface area contributed by atoms with Gasteiger partial charge in [-0.2, -0.15) is 0 Å². The molecule has 2 rings (SSSR count). The lowest BCUT2D eigenvalue weighted by Gasteiger charge is -2.08. The van der Waals surface area contributed by atoms with Crippen LogP contribution in [0.4, 0.5) is 0 Å². The van der Waals surface area contributed by atoms with Crippen molar-refractivity contribution in [3.63, 3.8) is 0 Å². The predicted octanol–water partition coefficient (Wildman–Crippen LogP) is -1.04. The molecule has 1 saturated carbocycles. The van der Waals surface area contributed by atoms with E-state index in [0.29, 0.717) is 6.61 Å². The van der Waals surface area contributed by atoms with Gasteiger partial charge >= 0.3 is 5.97 Å². The maximum Gasteiger partial charge on any atom is 0.309 e. The Morgan fingerprint density at radius 3 is 3.00 bits per heavy atom. The van der Waals surface area contributed by atoms with Crippen LogP contribution >= 0.6 is 0 Å². The van der Waals surface area contributed by atoms with Gasteiger partial charge in [0.1, 0.15) is 6.23 Å². The second-order valence-corrected chi connectivity index (χ2v) is 3.72. The Morgan fingerprint density at radius 1 is 1.71 bits per heavy atom. The summed E-state index contributed by atoms with van der Waals surface area (Å²) >= 11 is 0. The van der Waals surface area contributed by atoms with Gasteiger partial charge in [-0.3, -0.25) is 10.1 Å². The van der Waals surface area contributed by atoms with Crippen LogP contribution < -0.4 is 5.32 Å². The Kier molecular flexibility index (Phi) is 2.71. The van der Waals surface area contributed by atoms with Gasteiger partial charge in [0.05, 0.1) is 19.6 Å². The third-order valence-electron chi connectivity index (χ3n) is 3.01. The molecule has 80 valence electrons. The molecule has 0 aromatic rings. The summed E-state index contributed by atoms with van der Waals surface area (Å²) in [5.41, 5.74) is 0. The van der Waals surface area contributed by atoms with Gasteiger partial charge < -0.3 is 14.6 Å². The van der Waals surface area contributed by atoms with Gasteiger partial charge in [0.25, 0.3) is 0 Å². The van der Waals surface area contributed by atoms with Gasteiger partial charge in [0.2, 0.25) is 0 Å². The van der Waals surface area contributed by atoms with E-state index in [1.54, 1.807) is 0 Å². The van der Waals surface area contributed by atoms with Gasteiger partial charge in [-0.25, -0.2) is 0 Å². The van der Waals surface area contributed by atoms with Crippen molar-refractivity contribution in [2.24, 2.45) is 17.8 Å². The number of hydrogen-bond acceptors (Lipinski definition) is 5. The molecular formula is C9H15NO4. The molecule has 0 aromatic carbocycles. The van der Waals surface area contributed by atoms with Crippen molar-refractivity contribution in [1.29, 1.82) is 0 Å². The number of carbonyl (C=O) groups is 1. The molecule has 1 aliphatic carbocycles. The molecular weight excluding hydrogens is 186 g/mol. The molecule has 5 heteroatoms. The largest absolute Gasteiger partial charge is 0.469 e. The number of methoxy groups -OCH3 is 1. The van der Waals surface area contributed by atoms with Crippen LogP contribution in [0, 0.1) is 17.8 Å². The third-order valence-corrected chi connectivity index (χ3v) is 3.01. The fourth-order valence-corrected chi connectivity index (χ4v) is 2.21. The summed E-state index contributed by atoms with van der Waals surface area (Å²) < 4.78 is 10.1. The normalized spacial score (nSPS) is 41.0. The Hall–Kier alpha value is -0.650. The lowest BCUT2D eigenvalue weighted by molar-refractivity contribution is -0.143. The topological polar surface area (TPSA) is 67.8 Å². The lowest BCUT2D eigenvalue weighted by atomic mass is 10.3. The van der Waals surface area contributed by atoms with Crippen LogP contribution in [0.25, 0.3) is 0 Å². The van der Waals surface area contributed by atoms with Crippen LogP contribution in [0.15, 0.2) is 0 Å². The zero-order chi connectivity index (χ0) is 10.1. The molecule has 0 amide bonds. The molecule has 0 spiro atoms. The molecule has 4 atom stereocenters. The van der Waals surface area contributed by atoms with E-state index in [1.165, 1.54) is 7.11 Å². The van der Waals surface area contributed by atoms with Crippen LogP contribution in [0.1, 0.15) is 0 Å². The van der Waals surface area contributed by atoms with E-state index in [9.17, 15) is 4.79 Å². The molecule has 1 aliphatic heterocycles. The Bertz CT molecular complexity index is 227. The Morgan fingerprint density at radius 2 is 2.50 bits per heavy atom. The summed E-state index contributed by atoms with van der Waals surface area (Å²) in [5.74, 6) is -0.361. The van der Waals surface area contributed by atoms with Crippen LogP contribution in [0.2, 0.25) is 0 Å². The Labute approximate surface area is 82.4 Å². The summed E-state index contributed by atoms with van der Waals surface area (Å²) in [5, 5.41) is 12.2. The number of rotatable bonds is 3. The summed E-state index contributed by atoms with van der Waals surface area (Å²) in [6.45, 7) is 1.51. The van der Waals surface area contributed by atoms with Crippen LogP contribution in [-0.2, 0) is 14.3 Å². The monoisotopic (exact) mass is 201 g/mol. The summed E-state index contributed by atoms with van der Waals surface area (Å²) in [4.78, 5) is 11.3. The zero-order valence-electron chi connectivity index (χ0n) is 8.10. The van der Waals surface area contributed by atoms with E-state index in [2.05, 4.69) is 10.1 Å². The fraction of sp³-hybridized carbons (Fsp3) is 0.889. The quantitative estimate of drug-likeness (QED) is 0.571. The van der Waals surface area contributed by atoms with Crippen molar-refractivity contribution in [2.45, 2.75) is 6.23 Å². The lowest BCUT2D eigenvalue weighted by Crippen LogP contribution is -2.27. The summed E-state index contributed by atoms with van der Waals surface area (Å²) in [7, 11) is 1.37. The highest BCUT2D eigenvalue weighted by molar-refractivity contribution is 5.76. The molecule has 1 saturated heterocycles. The molecule has 0 bridgehead atoms. The average molecular weight is 201 g/mol. The maximum atomic E-state index is 11.3. The number of aliphatic hydroxyl groups excluding tert-OH is 1. The van der Waals surface area contributed by atoms with Gasteiger partial charge in [-0.1, -0.05) is 0 Å². The molecule has 5 nitrogen and oxygen atoms in total. The second kappa shape index (κ2) is 3.84. The molecule has 2 N–H and O–H groups in total. The van der Waals surface area contributed by atoms with Gasteiger partial charge in [0.15, 0.2) is 0 Å². The van der Waals surface area contributed by atoms with Crippen molar-refractivity contribution >= 4 is 5.97 Å². The minimum Gasteiger partial charge on any atom is -0.469 e. The minimum absolute atomic E-state index is 0.00181. The van der Waals surface area contributed by atoms with Crippen LogP contribution in [-0.4, -0.2) is 44.2 Å². The first kappa shape index (κ1) is 9.89. The molecule has 2 fully saturated rings. The summed E-state index contributed by atoms with van der Waals surface area (Å²) in [6.07, 6.45) is -0.0868. The van der Waals surface area contributed by atoms with Crippen LogP contribution in [0.5, 0.6) is 0 Å². The highest BCUT2D eigenvalue weighted by atomic mass is 16.5. The predicted molar refractivity (Wildman–Crippen MR) is 47.3 cm³/mol. The van der Waals surface area contributed by atoms with E-state index in [0.717, 1.165) is 6.54 Å². The third kappa shape index (κ3) is 1.51. The SMILES string of the molecule is COC(=O)C1C(CO)C1C1NCCO1. The highest BCUT2D eigenvalue weighted by Gasteiger charge is 2.59. The smallest absolute Gasteiger partial charge is 0.309 e. The zero-order valence-corrected chi connectivity index (χ0v) is 8.10. The standard InChI is InChI=1S/C9H15NO4/c1-13-9(12)7-5(4-11)6(7)8-10-2-3-14-8/h5-8,10-11H,2-4H2,1H3. The van der Waals surface area contributed by atoms with Crippen molar-refractivity contribution in [3.05, 3.63) is 0 Å². The number of carbonyl (C=O) groups excluding carboxylic acids is 1. The van der Waals surface area contributed by atoms with Crippen molar-refractivity contribution in [3.8, 4) is 0 Å². The minimum atomic E-state index is -0.244. The number of aliphatic hydroxyl groups is 1. The first-order valence-electron chi connectivity index (χ1n) is 4.83. The fourth-order valence-electron chi connectivity index (χ4n) is 2.21. The molecule has 4 unspecified atom stereocenters. The van der Waals surface area contributed by atoms with E-state index >= 15 is 0 Å². The van der Waals surface area contributed by atoms with Gasteiger partial charge in [-0.05, 0) is 0 Å². The van der Waals surface area contributed by atoms with E-state index in [1.807, 2.05) is 0 Å². The van der Waals surface area contributed by atoms with Crippen LogP contribution in [0.3, 0.4) is 0 Å². The van der Waals surface area contributed by atoms with Crippen molar-refractivity contribution < 1.29 is 19.4 Å².